The van der Waals surface area contributed by atoms with E-state index in [0.29, 0.717) is 11.3 Å². The minimum Gasteiger partial charge on any atom is -0.485 e. The molecule has 0 spiro atoms. The SMILES string of the molecule is Cc1cccc(C)c1OCC(=O)CC(C(O)CC(Cc1ccccc1)NC(=O)C(N1C(=O)NC(O)(O)C(O)(O)C1(O)O)C(C)(C)C)C(O)(O)c1ccccc1. The predicted octanol–water partition coefficient (Wildman–Crippen LogP) is -0.0287. The van der Waals surface area contributed by atoms with Gasteiger partial charge in [-0.05, 0) is 48.8 Å². The van der Waals surface area contributed by atoms with E-state index in [1.807, 2.05) is 32.0 Å². The lowest BCUT2D eigenvalue weighted by molar-refractivity contribution is -0.497. The van der Waals surface area contributed by atoms with Crippen LogP contribution in [0.5, 0.6) is 5.75 Å². The zero-order valence-corrected chi connectivity index (χ0v) is 31.2. The Morgan fingerprint density at radius 3 is 1.95 bits per heavy atom. The van der Waals surface area contributed by atoms with Crippen LogP contribution in [0.15, 0.2) is 78.9 Å². The number of hydrogen-bond acceptors (Lipinski definition) is 13. The molecule has 0 aromatic heterocycles. The van der Waals surface area contributed by atoms with Crippen molar-refractivity contribution in [2.45, 2.75) is 95.5 Å². The zero-order chi connectivity index (χ0) is 41.1. The fourth-order valence-electron chi connectivity index (χ4n) is 6.79. The molecule has 1 aliphatic heterocycles. The Morgan fingerprint density at radius 1 is 0.855 bits per heavy atom. The number of urea groups is 1. The van der Waals surface area contributed by atoms with Crippen molar-refractivity contribution in [3.05, 3.63) is 101 Å². The highest BCUT2D eigenvalue weighted by atomic mass is 16.7. The van der Waals surface area contributed by atoms with Gasteiger partial charge in [-0.1, -0.05) is 99.6 Å². The second-order valence-corrected chi connectivity index (χ2v) is 15.2. The molecule has 3 aromatic rings. The summed E-state index contributed by atoms with van der Waals surface area (Å²) < 4.78 is 5.81. The van der Waals surface area contributed by atoms with Crippen molar-refractivity contribution in [3.63, 3.8) is 0 Å². The summed E-state index contributed by atoms with van der Waals surface area (Å²) in [5.41, 5.74) is 0.736. The van der Waals surface area contributed by atoms with Gasteiger partial charge in [0, 0.05) is 18.0 Å². The number of aryl methyl sites for hydroxylation is 2. The molecule has 1 saturated heterocycles. The molecule has 0 saturated carbocycles. The number of nitrogens with zero attached hydrogens (tertiary/aromatic N) is 1. The third-order valence-electron chi connectivity index (χ3n) is 9.73. The Labute approximate surface area is 318 Å². The van der Waals surface area contributed by atoms with Crippen molar-refractivity contribution >= 4 is 17.7 Å². The van der Waals surface area contributed by atoms with Crippen LogP contribution < -0.4 is 15.4 Å². The summed E-state index contributed by atoms with van der Waals surface area (Å²) in [6.07, 6.45) is -2.75. The van der Waals surface area contributed by atoms with Crippen molar-refractivity contribution in [1.82, 2.24) is 15.5 Å². The standard InChI is InChI=1S/C39H51N3O13/c1-23-13-12-14-24(2)31(23)55-22-28(43)21-29(36(47,48)26-17-10-7-11-18-26)30(44)20-27(19-25-15-8-6-9-16-25)40-33(45)32(35(3,4)5)42-34(46)41-38(51,52)37(49,50)39(42,53)54/h6-18,27,29-30,32,44,47-54H,19-22H2,1-5H3,(H,40,45)(H,41,46). The summed E-state index contributed by atoms with van der Waals surface area (Å²) in [5.74, 6) is -18.0. The first kappa shape index (κ1) is 43.2. The Kier molecular flexibility index (Phi) is 12.8. The first-order valence-corrected chi connectivity index (χ1v) is 17.6. The summed E-state index contributed by atoms with van der Waals surface area (Å²) in [7, 11) is 0. The molecule has 0 radical (unpaired) electrons. The number of aliphatic hydroxyl groups is 9. The van der Waals surface area contributed by atoms with Crippen molar-refractivity contribution in [2.75, 3.05) is 6.61 Å². The lowest BCUT2D eigenvalue weighted by Crippen LogP contribution is -2.87. The molecule has 55 heavy (non-hydrogen) atoms. The number of ketones is 1. The molecule has 4 rings (SSSR count). The summed E-state index contributed by atoms with van der Waals surface area (Å²) in [5, 5.41) is 102. The normalized spacial score (nSPS) is 18.7. The molecule has 300 valence electrons. The topological polar surface area (TPSA) is 270 Å². The fourth-order valence-corrected chi connectivity index (χ4v) is 6.79. The molecule has 4 unspecified atom stereocenters. The number of hydrogen-bond donors (Lipinski definition) is 11. The third-order valence-corrected chi connectivity index (χ3v) is 9.73. The van der Waals surface area contributed by atoms with Crippen molar-refractivity contribution < 1.29 is 65.1 Å². The van der Waals surface area contributed by atoms with E-state index >= 15 is 0 Å². The molecular weight excluding hydrogens is 718 g/mol. The second-order valence-electron chi connectivity index (χ2n) is 15.2. The van der Waals surface area contributed by atoms with Crippen LogP contribution in [-0.2, 0) is 21.8 Å². The Morgan fingerprint density at radius 2 is 1.40 bits per heavy atom. The van der Waals surface area contributed by atoms with E-state index in [0.717, 1.165) is 11.1 Å². The molecule has 3 aromatic carbocycles. The number of aliphatic hydroxyl groups excluding tert-OH is 1. The maximum atomic E-state index is 14.2. The molecule has 1 fully saturated rings. The monoisotopic (exact) mass is 769 g/mol. The molecule has 16 nitrogen and oxygen atoms in total. The molecule has 1 aliphatic rings. The van der Waals surface area contributed by atoms with Crippen molar-refractivity contribution in [1.29, 1.82) is 0 Å². The average Bonchev–Trinajstić information content (AvgIpc) is 3.08. The quantitative estimate of drug-likeness (QED) is 0.0909. The van der Waals surface area contributed by atoms with Gasteiger partial charge in [0.05, 0.1) is 12.0 Å². The van der Waals surface area contributed by atoms with Crippen LogP contribution in [0.2, 0.25) is 0 Å². The molecule has 1 heterocycles. The van der Waals surface area contributed by atoms with Gasteiger partial charge in [0.25, 0.3) is 0 Å². The highest BCUT2D eigenvalue weighted by Crippen LogP contribution is 2.40. The summed E-state index contributed by atoms with van der Waals surface area (Å²) in [4.78, 5) is 40.7. The lowest BCUT2D eigenvalue weighted by atomic mass is 9.80. The van der Waals surface area contributed by atoms with E-state index in [4.69, 9.17) is 4.74 Å². The second kappa shape index (κ2) is 16.3. The van der Waals surface area contributed by atoms with Crippen molar-refractivity contribution in [3.8, 4) is 5.75 Å². The maximum absolute atomic E-state index is 14.2. The summed E-state index contributed by atoms with van der Waals surface area (Å²) in [6.45, 7) is 7.38. The molecule has 16 heteroatoms. The smallest absolute Gasteiger partial charge is 0.326 e. The van der Waals surface area contributed by atoms with Gasteiger partial charge in [-0.15, -0.1) is 0 Å². The number of carbonyl (C=O) groups excluding carboxylic acids is 3. The van der Waals surface area contributed by atoms with E-state index in [2.05, 4.69) is 5.32 Å². The van der Waals surface area contributed by atoms with Gasteiger partial charge in [0.2, 0.25) is 5.91 Å². The predicted molar refractivity (Wildman–Crippen MR) is 195 cm³/mol. The number of carbonyl (C=O) groups is 3. The fraction of sp³-hybridized carbons (Fsp3) is 0.462. The van der Waals surface area contributed by atoms with Crippen molar-refractivity contribution in [2.24, 2.45) is 11.3 Å². The average molecular weight is 770 g/mol. The van der Waals surface area contributed by atoms with Crippen LogP contribution in [0.4, 0.5) is 4.79 Å². The van der Waals surface area contributed by atoms with Gasteiger partial charge in [-0.3, -0.25) is 19.8 Å². The molecule has 3 amide bonds. The van der Waals surface area contributed by atoms with E-state index in [-0.39, 0.29) is 16.9 Å². The Hall–Kier alpha value is -4.49. The highest BCUT2D eigenvalue weighted by molar-refractivity contribution is 5.89. The van der Waals surface area contributed by atoms with Crippen LogP contribution in [0.3, 0.4) is 0 Å². The number of nitrogens with one attached hydrogen (secondary N) is 2. The maximum Gasteiger partial charge on any atom is 0.326 e. The first-order valence-electron chi connectivity index (χ1n) is 17.6. The Bertz CT molecular complexity index is 1790. The number of rotatable bonds is 15. The van der Waals surface area contributed by atoms with Gasteiger partial charge in [-0.25, -0.2) is 4.79 Å². The first-order chi connectivity index (χ1) is 25.4. The van der Waals surface area contributed by atoms with E-state index in [9.17, 15) is 60.3 Å². The van der Waals surface area contributed by atoms with E-state index in [1.165, 1.54) is 38.2 Å². The molecule has 4 atom stereocenters. The van der Waals surface area contributed by atoms with Gasteiger partial charge in [0.15, 0.2) is 11.6 Å². The number of amides is 3. The van der Waals surface area contributed by atoms with Crippen LogP contribution in [0.25, 0.3) is 0 Å². The highest BCUT2D eigenvalue weighted by Gasteiger charge is 2.72. The minimum absolute atomic E-state index is 0.0120. The molecular formula is C39H51N3O13. The Balaban J connectivity index is 1.69. The largest absolute Gasteiger partial charge is 0.485 e. The third kappa shape index (κ3) is 9.32. The van der Waals surface area contributed by atoms with Crippen LogP contribution in [0.1, 0.15) is 55.9 Å². The van der Waals surface area contributed by atoms with Gasteiger partial charge in [0.1, 0.15) is 18.4 Å². The summed E-state index contributed by atoms with van der Waals surface area (Å²) in [6, 6.07) is 16.8. The van der Waals surface area contributed by atoms with Gasteiger partial charge in [-0.2, -0.15) is 0 Å². The van der Waals surface area contributed by atoms with Gasteiger partial charge >= 0.3 is 23.6 Å². The number of benzene rings is 3. The van der Waals surface area contributed by atoms with Crippen LogP contribution in [-0.4, -0.2) is 111 Å². The number of para-hydroxylation sites is 1. The number of ether oxygens (including phenoxy) is 1. The van der Waals surface area contributed by atoms with Crippen LogP contribution in [0, 0.1) is 25.2 Å². The lowest BCUT2D eigenvalue weighted by Gasteiger charge is -2.54. The van der Waals surface area contributed by atoms with E-state index < -0.39 is 90.1 Å². The molecule has 11 N–H and O–H groups in total. The molecule has 0 bridgehead atoms. The van der Waals surface area contributed by atoms with E-state index in [1.54, 1.807) is 48.5 Å². The van der Waals surface area contributed by atoms with Gasteiger partial charge < -0.3 is 56.0 Å². The van der Waals surface area contributed by atoms with Crippen LogP contribution >= 0.6 is 0 Å². The summed E-state index contributed by atoms with van der Waals surface area (Å²) >= 11 is 0. The molecule has 0 aliphatic carbocycles. The zero-order valence-electron chi connectivity index (χ0n) is 31.2. The number of Topliss-reactive ketones (excluding diaryl/α,β-unsaturated/α-hetero) is 1. The minimum atomic E-state index is -4.25.